The third-order valence-electron chi connectivity index (χ3n) is 6.23. The van der Waals surface area contributed by atoms with Crippen molar-refractivity contribution in [2.75, 3.05) is 20.8 Å². The van der Waals surface area contributed by atoms with Crippen molar-refractivity contribution in [1.82, 2.24) is 4.90 Å². The third-order valence-corrected chi connectivity index (χ3v) is 6.23. The Kier molecular flexibility index (Phi) is 5.38. The molecule has 29 heavy (non-hydrogen) atoms. The Hall–Kier alpha value is -2.34. The number of ether oxygens (including phenoxy) is 2. The van der Waals surface area contributed by atoms with Crippen molar-refractivity contribution in [3.05, 3.63) is 46.5 Å². The van der Waals surface area contributed by atoms with Crippen LogP contribution in [0.15, 0.2) is 24.3 Å². The Morgan fingerprint density at radius 1 is 0.828 bits per heavy atom. The Labute approximate surface area is 171 Å². The van der Waals surface area contributed by atoms with Gasteiger partial charge in [0, 0.05) is 30.3 Å². The third kappa shape index (κ3) is 3.23. The van der Waals surface area contributed by atoms with Crippen LogP contribution in [0.2, 0.25) is 0 Å². The number of hydrogen-bond donors (Lipinski definition) is 2. The molecule has 0 aromatic heterocycles. The number of aliphatic hydroxyl groups is 2. The van der Waals surface area contributed by atoms with Crippen molar-refractivity contribution in [2.24, 2.45) is 0 Å². The van der Waals surface area contributed by atoms with Crippen LogP contribution in [-0.4, -0.2) is 41.9 Å². The Morgan fingerprint density at radius 3 is 1.79 bits per heavy atom. The van der Waals surface area contributed by atoms with E-state index < -0.39 is 0 Å². The Balaban J connectivity index is 2.13. The van der Waals surface area contributed by atoms with Crippen molar-refractivity contribution < 1.29 is 19.7 Å². The Bertz CT molecular complexity index is 1070. The Morgan fingerprint density at radius 2 is 1.34 bits per heavy atom. The van der Waals surface area contributed by atoms with Crippen LogP contribution in [0.1, 0.15) is 36.1 Å². The van der Waals surface area contributed by atoms with Gasteiger partial charge < -0.3 is 19.7 Å². The highest BCUT2D eigenvalue weighted by Crippen LogP contribution is 2.41. The van der Waals surface area contributed by atoms with Crippen molar-refractivity contribution in [3.8, 4) is 11.5 Å². The molecule has 0 saturated carbocycles. The van der Waals surface area contributed by atoms with E-state index in [2.05, 4.69) is 30.9 Å². The molecule has 0 amide bonds. The lowest BCUT2D eigenvalue weighted by Gasteiger charge is -2.34. The summed E-state index contributed by atoms with van der Waals surface area (Å²) < 4.78 is 11.1. The van der Waals surface area contributed by atoms with E-state index in [4.69, 9.17) is 9.47 Å². The van der Waals surface area contributed by atoms with E-state index >= 15 is 0 Å². The predicted molar refractivity (Wildman–Crippen MR) is 116 cm³/mol. The van der Waals surface area contributed by atoms with Gasteiger partial charge >= 0.3 is 0 Å². The average Bonchev–Trinajstić information content (AvgIpc) is 2.76. The normalized spacial score (nSPS) is 14.6. The first-order valence-electron chi connectivity index (χ1n) is 10.1. The summed E-state index contributed by atoms with van der Waals surface area (Å²) in [6, 6.07) is 8.65. The van der Waals surface area contributed by atoms with E-state index in [1.54, 1.807) is 14.2 Å². The summed E-state index contributed by atoms with van der Waals surface area (Å²) in [6.45, 7) is 6.19. The molecule has 1 aliphatic rings. The zero-order valence-corrected chi connectivity index (χ0v) is 17.6. The first-order chi connectivity index (χ1) is 14.0. The van der Waals surface area contributed by atoms with Crippen LogP contribution in [0.4, 0.5) is 0 Å². The number of hydrogen-bond acceptors (Lipinski definition) is 5. The van der Waals surface area contributed by atoms with Crippen molar-refractivity contribution in [2.45, 2.75) is 46.1 Å². The molecule has 3 aromatic rings. The quantitative estimate of drug-likeness (QED) is 0.644. The van der Waals surface area contributed by atoms with Crippen LogP contribution >= 0.6 is 0 Å². The molecule has 0 fully saturated rings. The van der Waals surface area contributed by atoms with Gasteiger partial charge in [-0.2, -0.15) is 0 Å². The van der Waals surface area contributed by atoms with Gasteiger partial charge in [-0.1, -0.05) is 0 Å². The fraction of sp³-hybridized carbons (Fsp3) is 0.417. The molecular weight excluding hydrogens is 366 g/mol. The second-order valence-corrected chi connectivity index (χ2v) is 8.01. The van der Waals surface area contributed by atoms with E-state index in [9.17, 15) is 10.2 Å². The lowest BCUT2D eigenvalue weighted by atomic mass is 9.86. The SMILES string of the molecule is COc1cc2c3c(c4cc(OC)c(CO)cc4c2cc1CO)CN(C(C)C)CC3. The van der Waals surface area contributed by atoms with Crippen LogP contribution in [0.3, 0.4) is 0 Å². The fourth-order valence-electron chi connectivity index (χ4n) is 4.59. The molecule has 0 saturated heterocycles. The number of benzene rings is 3. The van der Waals surface area contributed by atoms with E-state index in [0.717, 1.165) is 46.8 Å². The van der Waals surface area contributed by atoms with Gasteiger partial charge in [0.25, 0.3) is 0 Å². The van der Waals surface area contributed by atoms with Crippen LogP contribution in [0, 0.1) is 0 Å². The highest BCUT2D eigenvalue weighted by atomic mass is 16.5. The fourth-order valence-corrected chi connectivity index (χ4v) is 4.59. The lowest BCUT2D eigenvalue weighted by molar-refractivity contribution is 0.205. The smallest absolute Gasteiger partial charge is 0.125 e. The zero-order valence-electron chi connectivity index (χ0n) is 17.6. The molecule has 0 spiro atoms. The summed E-state index contributed by atoms with van der Waals surface area (Å²) >= 11 is 0. The van der Waals surface area contributed by atoms with Gasteiger partial charge in [-0.3, -0.25) is 4.90 Å². The van der Waals surface area contributed by atoms with E-state index in [-0.39, 0.29) is 13.2 Å². The lowest BCUT2D eigenvalue weighted by Crippen LogP contribution is -2.36. The number of nitrogens with zero attached hydrogens (tertiary/aromatic N) is 1. The standard InChI is InChI=1S/C24H29NO4/c1-14(2)25-6-5-17-20-9-23(28-3)15(12-26)7-18(20)19-8-16(13-27)24(29-4)10-21(19)22(17)11-25/h7-10,14,26-27H,5-6,11-13H2,1-4H3. The predicted octanol–water partition coefficient (Wildman–Crippen LogP) is 3.76. The van der Waals surface area contributed by atoms with Crippen molar-refractivity contribution in [1.29, 1.82) is 0 Å². The minimum absolute atomic E-state index is 0.0815. The summed E-state index contributed by atoms with van der Waals surface area (Å²) in [5.41, 5.74) is 4.18. The molecule has 1 aliphatic heterocycles. The molecule has 154 valence electrons. The second kappa shape index (κ2) is 7.82. The summed E-state index contributed by atoms with van der Waals surface area (Å²) in [4.78, 5) is 2.49. The minimum atomic E-state index is -0.0845. The highest BCUT2D eigenvalue weighted by Gasteiger charge is 2.25. The number of rotatable bonds is 5. The summed E-state index contributed by atoms with van der Waals surface area (Å²) in [7, 11) is 3.28. The van der Waals surface area contributed by atoms with Crippen LogP contribution < -0.4 is 9.47 Å². The molecule has 0 aliphatic carbocycles. The minimum Gasteiger partial charge on any atom is -0.496 e. The molecule has 4 rings (SSSR count). The van der Waals surface area contributed by atoms with Crippen molar-refractivity contribution in [3.63, 3.8) is 0 Å². The van der Waals surface area contributed by atoms with Gasteiger partial charge in [0.05, 0.1) is 27.4 Å². The van der Waals surface area contributed by atoms with Gasteiger partial charge in [0.2, 0.25) is 0 Å². The van der Waals surface area contributed by atoms with E-state index in [0.29, 0.717) is 17.5 Å². The number of methoxy groups -OCH3 is 2. The maximum atomic E-state index is 9.87. The largest absolute Gasteiger partial charge is 0.496 e. The molecule has 2 N–H and O–H groups in total. The summed E-state index contributed by atoms with van der Waals surface area (Å²) in [5.74, 6) is 1.42. The molecule has 1 heterocycles. The van der Waals surface area contributed by atoms with Crippen LogP contribution in [0.25, 0.3) is 21.5 Å². The maximum absolute atomic E-state index is 9.87. The van der Waals surface area contributed by atoms with Crippen molar-refractivity contribution >= 4 is 21.5 Å². The first-order valence-corrected chi connectivity index (χ1v) is 10.1. The van der Waals surface area contributed by atoms with Crippen LogP contribution in [0.5, 0.6) is 11.5 Å². The second-order valence-electron chi connectivity index (χ2n) is 8.01. The molecular formula is C24H29NO4. The monoisotopic (exact) mass is 395 g/mol. The van der Waals surface area contributed by atoms with Gasteiger partial charge in [0.15, 0.2) is 0 Å². The molecule has 3 aromatic carbocycles. The van der Waals surface area contributed by atoms with E-state index in [1.165, 1.54) is 16.5 Å². The first kappa shape index (κ1) is 20.0. The van der Waals surface area contributed by atoms with Gasteiger partial charge in [-0.05, 0) is 77.2 Å². The maximum Gasteiger partial charge on any atom is 0.125 e. The zero-order chi connectivity index (χ0) is 20.7. The molecule has 5 heteroatoms. The number of fused-ring (bicyclic) bond motifs is 6. The topological polar surface area (TPSA) is 62.2 Å². The summed E-state index contributed by atoms with van der Waals surface area (Å²) in [6.07, 6.45) is 0.964. The highest BCUT2D eigenvalue weighted by molar-refractivity contribution is 6.12. The number of aliphatic hydroxyl groups excluding tert-OH is 2. The molecule has 5 nitrogen and oxygen atoms in total. The molecule has 0 atom stereocenters. The van der Waals surface area contributed by atoms with Crippen LogP contribution in [-0.2, 0) is 26.2 Å². The molecule has 0 bridgehead atoms. The van der Waals surface area contributed by atoms with Gasteiger partial charge in [-0.25, -0.2) is 0 Å². The van der Waals surface area contributed by atoms with E-state index in [1.807, 2.05) is 12.1 Å². The molecule has 0 unspecified atom stereocenters. The molecule has 0 radical (unpaired) electrons. The van der Waals surface area contributed by atoms with Gasteiger partial charge in [-0.15, -0.1) is 0 Å². The average molecular weight is 395 g/mol. The summed E-state index contributed by atoms with van der Waals surface area (Å²) in [5, 5.41) is 24.2. The van der Waals surface area contributed by atoms with Gasteiger partial charge in [0.1, 0.15) is 11.5 Å².